The molecule has 108 valence electrons. The molecule has 0 unspecified atom stereocenters. The van der Waals surface area contributed by atoms with Gasteiger partial charge in [0.1, 0.15) is 16.7 Å². The largest absolute Gasteiger partial charge is 0.370 e. The summed E-state index contributed by atoms with van der Waals surface area (Å²) < 4.78 is 0. The molecule has 0 spiro atoms. The highest BCUT2D eigenvalue weighted by Crippen LogP contribution is 2.27. The average molecular weight is 299 g/mol. The maximum absolute atomic E-state index is 4.56. The molecular weight excluding hydrogens is 282 g/mol. The van der Waals surface area contributed by atoms with Crippen molar-refractivity contribution in [3.05, 3.63) is 36.2 Å². The molecular formula is C15H17N5S. The van der Waals surface area contributed by atoms with Crippen LogP contribution in [0.15, 0.2) is 40.5 Å². The number of aromatic nitrogens is 4. The van der Waals surface area contributed by atoms with E-state index in [-0.39, 0.29) is 0 Å². The molecule has 2 aromatic heterocycles. The molecule has 0 aliphatic heterocycles. The van der Waals surface area contributed by atoms with Crippen molar-refractivity contribution in [3.8, 4) is 0 Å². The fraction of sp³-hybridized carbons (Fsp3) is 0.267. The minimum absolute atomic E-state index is 0.759. The maximum atomic E-state index is 4.56. The number of nitrogens with zero attached hydrogens (tertiary/aromatic N) is 3. The zero-order chi connectivity index (χ0) is 14.7. The van der Waals surface area contributed by atoms with Crippen molar-refractivity contribution in [2.24, 2.45) is 0 Å². The lowest BCUT2D eigenvalue weighted by Crippen LogP contribution is -2.04. The van der Waals surface area contributed by atoms with Crippen molar-refractivity contribution in [1.29, 1.82) is 0 Å². The number of nitrogens with one attached hydrogen (secondary N) is 2. The molecule has 0 aliphatic rings. The molecule has 0 amide bonds. The van der Waals surface area contributed by atoms with E-state index in [0.717, 1.165) is 45.8 Å². The summed E-state index contributed by atoms with van der Waals surface area (Å²) in [6, 6.07) is 9.96. The summed E-state index contributed by atoms with van der Waals surface area (Å²) in [6.07, 6.45) is 1.06. The Morgan fingerprint density at radius 2 is 2.05 bits per heavy atom. The molecule has 0 saturated carbocycles. The Balaban J connectivity index is 1.84. The van der Waals surface area contributed by atoms with Crippen molar-refractivity contribution in [2.45, 2.75) is 30.5 Å². The zero-order valence-corrected chi connectivity index (χ0v) is 12.9. The summed E-state index contributed by atoms with van der Waals surface area (Å²) in [4.78, 5) is 16.7. The molecule has 2 heterocycles. The number of H-pyrrole nitrogens is 1. The van der Waals surface area contributed by atoms with E-state index in [1.807, 2.05) is 37.3 Å². The number of aromatic amines is 1. The lowest BCUT2D eigenvalue weighted by Gasteiger charge is -2.06. The van der Waals surface area contributed by atoms with Crippen LogP contribution >= 0.6 is 11.8 Å². The number of anilines is 1. The van der Waals surface area contributed by atoms with Crippen molar-refractivity contribution in [3.63, 3.8) is 0 Å². The third kappa shape index (κ3) is 3.33. The lowest BCUT2D eigenvalue weighted by molar-refractivity contribution is 0.925. The summed E-state index contributed by atoms with van der Waals surface area (Å²) in [6.45, 7) is 4.94. The van der Waals surface area contributed by atoms with Crippen LogP contribution in [0.1, 0.15) is 19.2 Å². The molecule has 3 aromatic rings. The molecule has 5 nitrogen and oxygen atoms in total. The van der Waals surface area contributed by atoms with Gasteiger partial charge in [-0.05, 0) is 37.2 Å². The van der Waals surface area contributed by atoms with E-state index in [4.69, 9.17) is 0 Å². The third-order valence-corrected chi connectivity index (χ3v) is 3.74. The molecule has 6 heteroatoms. The summed E-state index contributed by atoms with van der Waals surface area (Å²) in [5.74, 6) is 1.62. The topological polar surface area (TPSA) is 66.5 Å². The first-order valence-corrected chi connectivity index (χ1v) is 7.78. The fourth-order valence-corrected chi connectivity index (χ4v) is 2.86. The Bertz CT molecular complexity index is 720. The number of hydrogen-bond acceptors (Lipinski definition) is 5. The molecule has 0 atom stereocenters. The van der Waals surface area contributed by atoms with Gasteiger partial charge < -0.3 is 10.3 Å². The number of para-hydroxylation sites is 2. The van der Waals surface area contributed by atoms with Crippen molar-refractivity contribution in [2.75, 3.05) is 11.9 Å². The third-order valence-electron chi connectivity index (χ3n) is 2.94. The van der Waals surface area contributed by atoms with Crippen LogP contribution in [0.25, 0.3) is 11.0 Å². The molecule has 0 fully saturated rings. The van der Waals surface area contributed by atoms with E-state index in [2.05, 4.69) is 32.2 Å². The van der Waals surface area contributed by atoms with Gasteiger partial charge in [-0.1, -0.05) is 19.1 Å². The number of benzene rings is 1. The van der Waals surface area contributed by atoms with Crippen LogP contribution in [0, 0.1) is 6.92 Å². The average Bonchev–Trinajstić information content (AvgIpc) is 2.86. The molecule has 0 radical (unpaired) electrons. The highest BCUT2D eigenvalue weighted by molar-refractivity contribution is 7.99. The van der Waals surface area contributed by atoms with Gasteiger partial charge in [0.15, 0.2) is 5.16 Å². The standard InChI is InChI=1S/C15H17N5S/c1-3-8-16-13-9-14(18-10(2)17-13)21-15-19-11-6-4-5-7-12(11)20-15/h4-7,9H,3,8H2,1-2H3,(H,19,20)(H,16,17,18). The van der Waals surface area contributed by atoms with Gasteiger partial charge in [-0.15, -0.1) is 0 Å². The Morgan fingerprint density at radius 1 is 1.19 bits per heavy atom. The summed E-state index contributed by atoms with van der Waals surface area (Å²) in [5, 5.41) is 5.03. The Morgan fingerprint density at radius 3 is 2.86 bits per heavy atom. The van der Waals surface area contributed by atoms with E-state index in [0.29, 0.717) is 0 Å². The van der Waals surface area contributed by atoms with Crippen LogP contribution in [0.2, 0.25) is 0 Å². The lowest BCUT2D eigenvalue weighted by atomic mass is 10.3. The van der Waals surface area contributed by atoms with Crippen LogP contribution in [-0.2, 0) is 0 Å². The Kier molecular flexibility index (Phi) is 4.06. The zero-order valence-electron chi connectivity index (χ0n) is 12.1. The number of aryl methyl sites for hydroxylation is 1. The first-order chi connectivity index (χ1) is 10.2. The van der Waals surface area contributed by atoms with Gasteiger partial charge in [-0.3, -0.25) is 0 Å². The summed E-state index contributed by atoms with van der Waals surface area (Å²) in [5.41, 5.74) is 2.00. The van der Waals surface area contributed by atoms with Crippen LogP contribution in [0.4, 0.5) is 5.82 Å². The van der Waals surface area contributed by atoms with Gasteiger partial charge in [0.05, 0.1) is 11.0 Å². The minimum atomic E-state index is 0.759. The van der Waals surface area contributed by atoms with Gasteiger partial charge in [-0.2, -0.15) is 0 Å². The van der Waals surface area contributed by atoms with E-state index >= 15 is 0 Å². The molecule has 3 rings (SSSR count). The van der Waals surface area contributed by atoms with E-state index < -0.39 is 0 Å². The van der Waals surface area contributed by atoms with Crippen molar-refractivity contribution in [1.82, 2.24) is 19.9 Å². The van der Waals surface area contributed by atoms with E-state index in [9.17, 15) is 0 Å². The fourth-order valence-electron chi connectivity index (χ4n) is 2.01. The van der Waals surface area contributed by atoms with Crippen LogP contribution < -0.4 is 5.32 Å². The second kappa shape index (κ2) is 6.13. The van der Waals surface area contributed by atoms with Gasteiger partial charge >= 0.3 is 0 Å². The number of imidazole rings is 1. The monoisotopic (exact) mass is 299 g/mol. The molecule has 0 saturated heterocycles. The number of hydrogen-bond donors (Lipinski definition) is 2. The first-order valence-electron chi connectivity index (χ1n) is 6.97. The van der Waals surface area contributed by atoms with Crippen molar-refractivity contribution < 1.29 is 0 Å². The normalized spacial score (nSPS) is 11.0. The molecule has 2 N–H and O–H groups in total. The quantitative estimate of drug-likeness (QED) is 0.704. The summed E-state index contributed by atoms with van der Waals surface area (Å²) >= 11 is 1.52. The minimum Gasteiger partial charge on any atom is -0.370 e. The van der Waals surface area contributed by atoms with Gasteiger partial charge in [-0.25, -0.2) is 15.0 Å². The first kappa shape index (κ1) is 13.9. The molecule has 0 bridgehead atoms. The van der Waals surface area contributed by atoms with Crippen molar-refractivity contribution >= 4 is 28.6 Å². The Hall–Kier alpha value is -2.08. The van der Waals surface area contributed by atoms with Crippen LogP contribution in [-0.4, -0.2) is 26.5 Å². The second-order valence-electron chi connectivity index (χ2n) is 4.73. The SMILES string of the molecule is CCCNc1cc(Sc2nc3ccccc3[nH]2)nc(C)n1. The van der Waals surface area contributed by atoms with E-state index in [1.54, 1.807) is 0 Å². The van der Waals surface area contributed by atoms with Crippen LogP contribution in [0.3, 0.4) is 0 Å². The van der Waals surface area contributed by atoms with Gasteiger partial charge in [0.2, 0.25) is 0 Å². The predicted molar refractivity (Wildman–Crippen MR) is 85.8 cm³/mol. The van der Waals surface area contributed by atoms with Gasteiger partial charge in [0.25, 0.3) is 0 Å². The molecule has 0 aliphatic carbocycles. The molecule has 21 heavy (non-hydrogen) atoms. The van der Waals surface area contributed by atoms with Gasteiger partial charge in [0, 0.05) is 12.6 Å². The smallest absolute Gasteiger partial charge is 0.172 e. The summed E-state index contributed by atoms with van der Waals surface area (Å²) in [7, 11) is 0. The van der Waals surface area contributed by atoms with E-state index in [1.165, 1.54) is 11.8 Å². The number of rotatable bonds is 5. The number of fused-ring (bicyclic) bond motifs is 1. The maximum Gasteiger partial charge on any atom is 0.172 e. The highest BCUT2D eigenvalue weighted by Gasteiger charge is 2.07. The molecule has 1 aromatic carbocycles. The Labute approximate surface area is 127 Å². The highest BCUT2D eigenvalue weighted by atomic mass is 32.2. The second-order valence-corrected chi connectivity index (χ2v) is 5.74. The van der Waals surface area contributed by atoms with Crippen LogP contribution in [0.5, 0.6) is 0 Å². The predicted octanol–water partition coefficient (Wildman–Crippen LogP) is 3.63.